The number of thiazole rings is 1. The lowest BCUT2D eigenvalue weighted by atomic mass is 10.0. The molecule has 0 spiro atoms. The molecule has 2 heterocycles. The molecule has 1 aliphatic rings. The van der Waals surface area contributed by atoms with Gasteiger partial charge in [0.2, 0.25) is 0 Å². The van der Waals surface area contributed by atoms with Gasteiger partial charge in [-0.15, -0.1) is 11.3 Å². The second-order valence-corrected chi connectivity index (χ2v) is 7.69. The number of ether oxygens (including phenoxy) is 1. The van der Waals surface area contributed by atoms with Gasteiger partial charge in [0, 0.05) is 17.5 Å². The zero-order valence-corrected chi connectivity index (χ0v) is 16.3. The van der Waals surface area contributed by atoms with Crippen LogP contribution in [0.3, 0.4) is 0 Å². The molecule has 1 atom stereocenters. The molecule has 27 heavy (non-hydrogen) atoms. The molecule has 4 nitrogen and oxygen atoms in total. The van der Waals surface area contributed by atoms with E-state index in [4.69, 9.17) is 4.74 Å². The molecule has 0 aliphatic carbocycles. The number of benzene rings is 2. The van der Waals surface area contributed by atoms with E-state index in [1.807, 2.05) is 34.5 Å². The first-order chi connectivity index (χ1) is 13.2. The van der Waals surface area contributed by atoms with Crippen molar-refractivity contribution in [3.63, 3.8) is 0 Å². The van der Waals surface area contributed by atoms with Crippen molar-refractivity contribution in [2.45, 2.75) is 25.8 Å². The summed E-state index contributed by atoms with van der Waals surface area (Å²) in [4.78, 5) is 19.7. The lowest BCUT2D eigenvalue weighted by Crippen LogP contribution is -2.30. The largest absolute Gasteiger partial charge is 0.497 e. The zero-order valence-electron chi connectivity index (χ0n) is 15.5. The van der Waals surface area contributed by atoms with Gasteiger partial charge in [0.15, 0.2) is 0 Å². The standard InChI is InChI=1S/C22H22N2O2S/c1-15-5-7-17(8-6-15)21-23-19(14-27-21)22(25)24-13-3-4-20(24)16-9-11-18(26-2)12-10-16/h5-12,14,20H,3-4,13H2,1-2H3. The summed E-state index contributed by atoms with van der Waals surface area (Å²) < 4.78 is 5.24. The first-order valence-corrected chi connectivity index (χ1v) is 10.0. The average Bonchev–Trinajstić information content (AvgIpc) is 3.38. The average molecular weight is 378 g/mol. The first kappa shape index (κ1) is 17.7. The van der Waals surface area contributed by atoms with Crippen LogP contribution < -0.4 is 4.74 Å². The number of methoxy groups -OCH3 is 1. The van der Waals surface area contributed by atoms with Crippen LogP contribution in [0.1, 0.15) is 40.5 Å². The summed E-state index contributed by atoms with van der Waals surface area (Å²) in [6.45, 7) is 2.83. The number of nitrogens with zero attached hydrogens (tertiary/aromatic N) is 2. The smallest absolute Gasteiger partial charge is 0.273 e. The van der Waals surface area contributed by atoms with Crippen LogP contribution >= 0.6 is 11.3 Å². The summed E-state index contributed by atoms with van der Waals surface area (Å²) in [5, 5.41) is 2.76. The van der Waals surface area contributed by atoms with Crippen molar-refractivity contribution >= 4 is 17.2 Å². The van der Waals surface area contributed by atoms with Crippen LogP contribution in [0.15, 0.2) is 53.9 Å². The van der Waals surface area contributed by atoms with Gasteiger partial charge >= 0.3 is 0 Å². The molecule has 0 radical (unpaired) electrons. The third-order valence-corrected chi connectivity index (χ3v) is 5.93. The highest BCUT2D eigenvalue weighted by Gasteiger charge is 2.31. The van der Waals surface area contributed by atoms with E-state index in [9.17, 15) is 4.79 Å². The van der Waals surface area contributed by atoms with Crippen LogP contribution in [0.5, 0.6) is 5.75 Å². The van der Waals surface area contributed by atoms with E-state index in [1.54, 1.807) is 7.11 Å². The van der Waals surface area contributed by atoms with Crippen molar-refractivity contribution < 1.29 is 9.53 Å². The molecule has 0 N–H and O–H groups in total. The summed E-state index contributed by atoms with van der Waals surface area (Å²) in [7, 11) is 1.66. The number of carbonyl (C=O) groups is 1. The second kappa shape index (κ2) is 7.53. The Morgan fingerprint density at radius 3 is 2.59 bits per heavy atom. The number of hydrogen-bond acceptors (Lipinski definition) is 4. The zero-order chi connectivity index (χ0) is 18.8. The van der Waals surface area contributed by atoms with Gasteiger partial charge < -0.3 is 9.64 Å². The van der Waals surface area contributed by atoms with E-state index >= 15 is 0 Å². The Hall–Kier alpha value is -2.66. The fourth-order valence-corrected chi connectivity index (χ4v) is 4.33. The van der Waals surface area contributed by atoms with E-state index in [0.717, 1.165) is 41.3 Å². The summed E-state index contributed by atoms with van der Waals surface area (Å²) >= 11 is 1.52. The van der Waals surface area contributed by atoms with Crippen LogP contribution in [0, 0.1) is 6.92 Å². The molecule has 138 valence electrons. The first-order valence-electron chi connectivity index (χ1n) is 9.13. The van der Waals surface area contributed by atoms with Crippen LogP contribution in [-0.2, 0) is 0 Å². The van der Waals surface area contributed by atoms with Gasteiger partial charge in [-0.1, -0.05) is 42.0 Å². The van der Waals surface area contributed by atoms with Crippen molar-refractivity contribution in [1.82, 2.24) is 9.88 Å². The minimum absolute atomic E-state index is 0.0166. The van der Waals surface area contributed by atoms with Crippen LogP contribution in [0.2, 0.25) is 0 Å². The Morgan fingerprint density at radius 1 is 1.15 bits per heavy atom. The Kier molecular flexibility index (Phi) is 4.94. The van der Waals surface area contributed by atoms with Crippen LogP contribution in [0.25, 0.3) is 10.6 Å². The number of likely N-dealkylation sites (tertiary alicyclic amines) is 1. The number of amides is 1. The van der Waals surface area contributed by atoms with E-state index in [2.05, 4.69) is 36.2 Å². The molecule has 3 aromatic rings. The molecule has 1 saturated heterocycles. The van der Waals surface area contributed by atoms with Gasteiger partial charge in [0.1, 0.15) is 16.5 Å². The molecular weight excluding hydrogens is 356 g/mol. The monoisotopic (exact) mass is 378 g/mol. The lowest BCUT2D eigenvalue weighted by molar-refractivity contribution is 0.0730. The summed E-state index contributed by atoms with van der Waals surface area (Å²) in [6, 6.07) is 16.4. The maximum atomic E-state index is 13.1. The van der Waals surface area contributed by atoms with Gasteiger partial charge in [-0.3, -0.25) is 4.79 Å². The molecule has 1 amide bonds. The molecule has 0 saturated carbocycles. The SMILES string of the molecule is COc1ccc(C2CCCN2C(=O)c2csc(-c3ccc(C)cc3)n2)cc1. The van der Waals surface area contributed by atoms with Crippen molar-refractivity contribution in [3.8, 4) is 16.3 Å². The molecule has 1 fully saturated rings. The number of aromatic nitrogens is 1. The van der Waals surface area contributed by atoms with E-state index < -0.39 is 0 Å². The predicted octanol–water partition coefficient (Wildman–Crippen LogP) is 5.10. The fourth-order valence-electron chi connectivity index (χ4n) is 3.53. The van der Waals surface area contributed by atoms with Crippen molar-refractivity contribution in [3.05, 3.63) is 70.7 Å². The minimum atomic E-state index is 0.0166. The minimum Gasteiger partial charge on any atom is -0.497 e. The topological polar surface area (TPSA) is 42.4 Å². The Morgan fingerprint density at radius 2 is 1.89 bits per heavy atom. The molecule has 1 aliphatic heterocycles. The summed E-state index contributed by atoms with van der Waals surface area (Å²) in [6.07, 6.45) is 1.99. The number of rotatable bonds is 4. The highest BCUT2D eigenvalue weighted by Crippen LogP contribution is 2.34. The predicted molar refractivity (Wildman–Crippen MR) is 108 cm³/mol. The van der Waals surface area contributed by atoms with Crippen molar-refractivity contribution in [2.75, 3.05) is 13.7 Å². The van der Waals surface area contributed by atoms with E-state index in [1.165, 1.54) is 16.9 Å². The van der Waals surface area contributed by atoms with Gasteiger partial charge in [0.25, 0.3) is 5.91 Å². The third kappa shape index (κ3) is 3.60. The van der Waals surface area contributed by atoms with Gasteiger partial charge in [-0.2, -0.15) is 0 Å². The molecule has 4 rings (SSSR count). The van der Waals surface area contributed by atoms with Gasteiger partial charge in [0.05, 0.1) is 13.2 Å². The maximum Gasteiger partial charge on any atom is 0.273 e. The number of carbonyl (C=O) groups excluding carboxylic acids is 1. The summed E-state index contributed by atoms with van der Waals surface area (Å²) in [5.74, 6) is 0.847. The molecule has 1 aromatic heterocycles. The van der Waals surface area contributed by atoms with Gasteiger partial charge in [-0.05, 0) is 37.5 Å². The Balaban J connectivity index is 1.55. The lowest BCUT2D eigenvalue weighted by Gasteiger charge is -2.24. The third-order valence-electron chi connectivity index (χ3n) is 5.04. The highest BCUT2D eigenvalue weighted by atomic mass is 32.1. The molecular formula is C22H22N2O2S. The molecule has 2 aromatic carbocycles. The molecule has 0 bridgehead atoms. The Labute approximate surface area is 163 Å². The van der Waals surface area contributed by atoms with Gasteiger partial charge in [-0.25, -0.2) is 4.98 Å². The maximum absolute atomic E-state index is 13.1. The normalized spacial score (nSPS) is 16.5. The summed E-state index contributed by atoms with van der Waals surface area (Å²) in [5.41, 5.74) is 3.95. The van der Waals surface area contributed by atoms with Crippen molar-refractivity contribution in [2.24, 2.45) is 0 Å². The molecule has 1 unspecified atom stereocenters. The van der Waals surface area contributed by atoms with E-state index in [-0.39, 0.29) is 11.9 Å². The highest BCUT2D eigenvalue weighted by molar-refractivity contribution is 7.13. The fraction of sp³-hybridized carbons (Fsp3) is 0.273. The second-order valence-electron chi connectivity index (χ2n) is 6.83. The number of aryl methyl sites for hydroxylation is 1. The number of hydrogen-bond donors (Lipinski definition) is 0. The Bertz CT molecular complexity index is 932. The van der Waals surface area contributed by atoms with Crippen molar-refractivity contribution in [1.29, 1.82) is 0 Å². The van der Waals surface area contributed by atoms with E-state index in [0.29, 0.717) is 5.69 Å². The molecule has 5 heteroatoms. The quantitative estimate of drug-likeness (QED) is 0.634. The van der Waals surface area contributed by atoms with Crippen LogP contribution in [-0.4, -0.2) is 29.4 Å². The van der Waals surface area contributed by atoms with Crippen LogP contribution in [0.4, 0.5) is 0 Å².